The molecule has 2 aromatic carbocycles. The van der Waals surface area contributed by atoms with E-state index >= 15 is 0 Å². The Labute approximate surface area is 189 Å². The fourth-order valence-electron chi connectivity index (χ4n) is 3.35. The Hall–Kier alpha value is -2.60. The standard InChI is InChI=1S/C24H31ClN2O4/c1-6-8-16(3)19-13-17(24(4,5)7-2)9-12-22(19)31-15-23(28)26-18-10-11-20(25)21(14-18)27(29)30/h9-14,16H,6-8,15H2,1-5H3,(H,26,28). The molecule has 0 aliphatic rings. The molecule has 0 aliphatic heterocycles. The number of nitro groups is 1. The van der Waals surface area contributed by atoms with Gasteiger partial charge in [0, 0.05) is 11.8 Å². The predicted molar refractivity (Wildman–Crippen MR) is 125 cm³/mol. The molecule has 7 heteroatoms. The Morgan fingerprint density at radius 2 is 1.94 bits per heavy atom. The van der Waals surface area contributed by atoms with Crippen LogP contribution in [0.15, 0.2) is 36.4 Å². The van der Waals surface area contributed by atoms with Crippen molar-refractivity contribution in [2.75, 3.05) is 11.9 Å². The van der Waals surface area contributed by atoms with E-state index in [2.05, 4.69) is 52.1 Å². The maximum Gasteiger partial charge on any atom is 0.289 e. The van der Waals surface area contributed by atoms with Gasteiger partial charge in [0.2, 0.25) is 0 Å². The minimum Gasteiger partial charge on any atom is -0.483 e. The van der Waals surface area contributed by atoms with E-state index in [1.54, 1.807) is 0 Å². The highest BCUT2D eigenvalue weighted by Gasteiger charge is 2.22. The molecule has 0 fully saturated rings. The smallest absolute Gasteiger partial charge is 0.289 e. The molecule has 0 heterocycles. The van der Waals surface area contributed by atoms with Crippen LogP contribution in [-0.2, 0) is 10.2 Å². The molecule has 1 atom stereocenters. The van der Waals surface area contributed by atoms with Gasteiger partial charge in [-0.05, 0) is 53.5 Å². The molecule has 0 bridgehead atoms. The van der Waals surface area contributed by atoms with Crippen molar-refractivity contribution in [3.05, 3.63) is 62.7 Å². The van der Waals surface area contributed by atoms with Gasteiger partial charge in [0.05, 0.1) is 4.92 Å². The van der Waals surface area contributed by atoms with Gasteiger partial charge in [-0.15, -0.1) is 0 Å². The van der Waals surface area contributed by atoms with Crippen LogP contribution in [0.1, 0.15) is 70.9 Å². The van der Waals surface area contributed by atoms with E-state index in [-0.39, 0.29) is 22.7 Å². The van der Waals surface area contributed by atoms with E-state index < -0.39 is 10.8 Å². The summed E-state index contributed by atoms with van der Waals surface area (Å²) in [5, 5.41) is 13.7. The molecule has 31 heavy (non-hydrogen) atoms. The number of amides is 1. The SMILES string of the molecule is CCCC(C)c1cc(C(C)(C)CC)ccc1OCC(=O)Nc1ccc(Cl)c([N+](=O)[O-])c1. The summed E-state index contributed by atoms with van der Waals surface area (Å²) in [6, 6.07) is 10.3. The molecule has 2 rings (SSSR count). The summed E-state index contributed by atoms with van der Waals surface area (Å²) in [5.74, 6) is 0.590. The zero-order valence-corrected chi connectivity index (χ0v) is 19.6. The molecule has 168 valence electrons. The van der Waals surface area contributed by atoms with Crippen LogP contribution < -0.4 is 10.1 Å². The number of hydrogen-bond acceptors (Lipinski definition) is 4. The van der Waals surface area contributed by atoms with E-state index in [1.807, 2.05) is 6.07 Å². The molecule has 0 aromatic heterocycles. The van der Waals surface area contributed by atoms with E-state index in [4.69, 9.17) is 16.3 Å². The second-order valence-electron chi connectivity index (χ2n) is 8.44. The largest absolute Gasteiger partial charge is 0.483 e. The van der Waals surface area contributed by atoms with Crippen LogP contribution in [0.5, 0.6) is 5.75 Å². The lowest BCUT2D eigenvalue weighted by Crippen LogP contribution is -2.21. The Bertz CT molecular complexity index is 943. The van der Waals surface area contributed by atoms with Crippen molar-refractivity contribution in [1.29, 1.82) is 0 Å². The van der Waals surface area contributed by atoms with Crippen LogP contribution in [0.3, 0.4) is 0 Å². The van der Waals surface area contributed by atoms with E-state index in [1.165, 1.54) is 23.8 Å². The van der Waals surface area contributed by atoms with Gasteiger partial charge in [0.25, 0.3) is 11.6 Å². The summed E-state index contributed by atoms with van der Waals surface area (Å²) in [5.41, 5.74) is 2.43. The monoisotopic (exact) mass is 446 g/mol. The Morgan fingerprint density at radius 1 is 1.23 bits per heavy atom. The molecule has 6 nitrogen and oxygen atoms in total. The minimum atomic E-state index is -0.588. The number of nitrogens with zero attached hydrogens (tertiary/aromatic N) is 1. The number of hydrogen-bond donors (Lipinski definition) is 1. The topological polar surface area (TPSA) is 81.5 Å². The first-order valence-electron chi connectivity index (χ1n) is 10.6. The zero-order valence-electron chi connectivity index (χ0n) is 18.8. The second kappa shape index (κ2) is 10.6. The number of ether oxygens (including phenoxy) is 1. The van der Waals surface area contributed by atoms with Crippen molar-refractivity contribution in [3.8, 4) is 5.75 Å². The molecular weight excluding hydrogens is 416 g/mol. The fraction of sp³-hybridized carbons (Fsp3) is 0.458. The van der Waals surface area contributed by atoms with Gasteiger partial charge in [-0.1, -0.05) is 64.8 Å². The van der Waals surface area contributed by atoms with Gasteiger partial charge in [0.15, 0.2) is 6.61 Å². The average molecular weight is 447 g/mol. The van der Waals surface area contributed by atoms with Crippen LogP contribution in [0, 0.1) is 10.1 Å². The minimum absolute atomic E-state index is 0.0175. The number of nitro benzene ring substituents is 1. The Morgan fingerprint density at radius 3 is 2.55 bits per heavy atom. The van der Waals surface area contributed by atoms with Gasteiger partial charge < -0.3 is 10.1 Å². The number of carbonyl (C=O) groups excluding carboxylic acids is 1. The maximum absolute atomic E-state index is 12.4. The first-order chi connectivity index (χ1) is 14.6. The first-order valence-corrected chi connectivity index (χ1v) is 11.0. The number of halogens is 1. The van der Waals surface area contributed by atoms with Gasteiger partial charge >= 0.3 is 0 Å². The highest BCUT2D eigenvalue weighted by atomic mass is 35.5. The summed E-state index contributed by atoms with van der Waals surface area (Å²) in [6.07, 6.45) is 3.09. The van der Waals surface area contributed by atoms with Crippen molar-refractivity contribution in [2.45, 2.75) is 65.2 Å². The van der Waals surface area contributed by atoms with Crippen LogP contribution in [0.2, 0.25) is 5.02 Å². The molecule has 0 saturated carbocycles. The molecule has 0 spiro atoms. The molecule has 0 radical (unpaired) electrons. The summed E-state index contributed by atoms with van der Waals surface area (Å²) in [7, 11) is 0. The van der Waals surface area contributed by atoms with Crippen molar-refractivity contribution in [3.63, 3.8) is 0 Å². The third-order valence-electron chi connectivity index (χ3n) is 5.71. The molecular formula is C24H31ClN2O4. The maximum atomic E-state index is 12.4. The molecule has 0 aliphatic carbocycles. The predicted octanol–water partition coefficient (Wildman–Crippen LogP) is 6.86. The molecule has 1 unspecified atom stereocenters. The third-order valence-corrected chi connectivity index (χ3v) is 6.03. The number of carbonyl (C=O) groups is 1. The average Bonchev–Trinajstić information content (AvgIpc) is 2.73. The van der Waals surface area contributed by atoms with Crippen LogP contribution in [-0.4, -0.2) is 17.4 Å². The van der Waals surface area contributed by atoms with Crippen molar-refractivity contribution in [2.24, 2.45) is 0 Å². The van der Waals surface area contributed by atoms with Crippen LogP contribution >= 0.6 is 11.6 Å². The third kappa shape index (κ3) is 6.44. The van der Waals surface area contributed by atoms with E-state index in [0.717, 1.165) is 24.8 Å². The summed E-state index contributed by atoms with van der Waals surface area (Å²) >= 11 is 5.82. The lowest BCUT2D eigenvalue weighted by molar-refractivity contribution is -0.384. The highest BCUT2D eigenvalue weighted by Crippen LogP contribution is 2.36. The van der Waals surface area contributed by atoms with Crippen LogP contribution in [0.4, 0.5) is 11.4 Å². The lowest BCUT2D eigenvalue weighted by Gasteiger charge is -2.26. The number of benzene rings is 2. The number of rotatable bonds is 10. The van der Waals surface area contributed by atoms with E-state index in [9.17, 15) is 14.9 Å². The summed E-state index contributed by atoms with van der Waals surface area (Å²) in [6.45, 7) is 10.7. The van der Waals surface area contributed by atoms with Gasteiger partial charge in [-0.25, -0.2) is 0 Å². The normalized spacial score (nSPS) is 12.3. The molecule has 1 N–H and O–H groups in total. The quantitative estimate of drug-likeness (QED) is 0.319. The molecule has 1 amide bonds. The highest BCUT2D eigenvalue weighted by molar-refractivity contribution is 6.32. The fourth-order valence-corrected chi connectivity index (χ4v) is 3.54. The summed E-state index contributed by atoms with van der Waals surface area (Å²) in [4.78, 5) is 22.8. The molecule has 0 saturated heterocycles. The van der Waals surface area contributed by atoms with Crippen molar-refractivity contribution < 1.29 is 14.5 Å². The van der Waals surface area contributed by atoms with E-state index in [0.29, 0.717) is 17.4 Å². The first kappa shape index (κ1) is 24.7. The Kier molecular flexibility index (Phi) is 8.45. The second-order valence-corrected chi connectivity index (χ2v) is 8.85. The summed E-state index contributed by atoms with van der Waals surface area (Å²) < 4.78 is 5.87. The zero-order chi connectivity index (χ0) is 23.2. The lowest BCUT2D eigenvalue weighted by atomic mass is 9.80. The van der Waals surface area contributed by atoms with Crippen LogP contribution in [0.25, 0.3) is 0 Å². The molecule has 2 aromatic rings. The Balaban J connectivity index is 2.17. The van der Waals surface area contributed by atoms with Gasteiger partial charge in [-0.2, -0.15) is 0 Å². The van der Waals surface area contributed by atoms with Crippen molar-refractivity contribution >= 4 is 28.9 Å². The van der Waals surface area contributed by atoms with Gasteiger partial charge in [-0.3, -0.25) is 14.9 Å². The number of nitrogens with one attached hydrogen (secondary N) is 1. The van der Waals surface area contributed by atoms with Crippen molar-refractivity contribution in [1.82, 2.24) is 0 Å². The number of anilines is 1. The van der Waals surface area contributed by atoms with Gasteiger partial charge in [0.1, 0.15) is 10.8 Å².